The highest BCUT2D eigenvalue weighted by molar-refractivity contribution is 5.80. The number of rotatable bonds is 8. The molecule has 0 aromatic rings. The van der Waals surface area contributed by atoms with Crippen molar-refractivity contribution in [3.05, 3.63) is 0 Å². The van der Waals surface area contributed by atoms with E-state index in [1.807, 2.05) is 0 Å². The number of hydrogen-bond acceptors (Lipinski definition) is 4. The summed E-state index contributed by atoms with van der Waals surface area (Å²) in [5.41, 5.74) is 5.45. The Morgan fingerprint density at radius 1 is 1.42 bits per heavy atom. The molecule has 1 rings (SSSR count). The predicted octanol–water partition coefficient (Wildman–Crippen LogP) is 0.114. The van der Waals surface area contributed by atoms with E-state index >= 15 is 0 Å². The third kappa shape index (κ3) is 6.36. The molecule has 1 aliphatic rings. The summed E-state index contributed by atoms with van der Waals surface area (Å²) in [6.07, 6.45) is 3.46. The number of carbonyl (C=O) groups is 1. The Kier molecular flexibility index (Phi) is 7.34. The second kappa shape index (κ2) is 8.51. The summed E-state index contributed by atoms with van der Waals surface area (Å²) < 4.78 is 0. The Labute approximate surface area is 117 Å². The summed E-state index contributed by atoms with van der Waals surface area (Å²) in [7, 11) is 4.26. The van der Waals surface area contributed by atoms with Crippen molar-refractivity contribution >= 4 is 5.91 Å². The van der Waals surface area contributed by atoms with Crippen molar-refractivity contribution in [3.8, 4) is 0 Å². The zero-order valence-corrected chi connectivity index (χ0v) is 12.7. The largest absolute Gasteiger partial charge is 0.368 e. The molecule has 1 unspecified atom stereocenters. The van der Waals surface area contributed by atoms with Crippen LogP contribution >= 0.6 is 0 Å². The lowest BCUT2D eigenvalue weighted by Crippen LogP contribution is -2.51. The van der Waals surface area contributed by atoms with Crippen LogP contribution in [0.1, 0.15) is 26.2 Å². The van der Waals surface area contributed by atoms with Gasteiger partial charge in [-0.3, -0.25) is 4.79 Å². The quantitative estimate of drug-likeness (QED) is 0.657. The fourth-order valence-electron chi connectivity index (χ4n) is 2.70. The molecule has 19 heavy (non-hydrogen) atoms. The standard InChI is InChI=1S/C14H30N4O/c1-4-7-16-13(14(15)19)11-18-8-5-12(6-9-18)10-17(2)3/h12-13,16H,4-11H2,1-3H3,(H2,15,19). The van der Waals surface area contributed by atoms with Crippen molar-refractivity contribution < 1.29 is 4.79 Å². The first-order valence-electron chi connectivity index (χ1n) is 7.42. The second-order valence-corrected chi connectivity index (χ2v) is 5.92. The maximum Gasteiger partial charge on any atom is 0.235 e. The van der Waals surface area contributed by atoms with Crippen LogP contribution < -0.4 is 11.1 Å². The van der Waals surface area contributed by atoms with E-state index in [2.05, 4.69) is 36.1 Å². The van der Waals surface area contributed by atoms with E-state index in [0.29, 0.717) is 0 Å². The molecule has 1 fully saturated rings. The molecule has 0 aromatic heterocycles. The minimum absolute atomic E-state index is 0.203. The Morgan fingerprint density at radius 2 is 2.05 bits per heavy atom. The van der Waals surface area contributed by atoms with E-state index in [1.54, 1.807) is 0 Å². The average molecular weight is 270 g/mol. The van der Waals surface area contributed by atoms with E-state index in [-0.39, 0.29) is 11.9 Å². The van der Waals surface area contributed by atoms with Gasteiger partial charge in [0.2, 0.25) is 5.91 Å². The fourth-order valence-corrected chi connectivity index (χ4v) is 2.70. The molecule has 1 heterocycles. The molecule has 1 aliphatic heterocycles. The number of amides is 1. The Morgan fingerprint density at radius 3 is 2.53 bits per heavy atom. The second-order valence-electron chi connectivity index (χ2n) is 5.92. The molecule has 5 nitrogen and oxygen atoms in total. The van der Waals surface area contributed by atoms with Gasteiger partial charge >= 0.3 is 0 Å². The van der Waals surface area contributed by atoms with Crippen molar-refractivity contribution in [3.63, 3.8) is 0 Å². The van der Waals surface area contributed by atoms with Gasteiger partial charge in [0.05, 0.1) is 6.04 Å². The lowest BCUT2D eigenvalue weighted by atomic mass is 9.96. The van der Waals surface area contributed by atoms with E-state index in [4.69, 9.17) is 5.73 Å². The SMILES string of the molecule is CCCNC(CN1CCC(CN(C)C)CC1)C(N)=O. The minimum atomic E-state index is -0.233. The Hall–Kier alpha value is -0.650. The molecule has 1 saturated heterocycles. The molecule has 0 bridgehead atoms. The van der Waals surface area contributed by atoms with Crippen LogP contribution in [0, 0.1) is 5.92 Å². The van der Waals surface area contributed by atoms with Gasteiger partial charge in [0.15, 0.2) is 0 Å². The Balaban J connectivity index is 2.31. The highest BCUT2D eigenvalue weighted by atomic mass is 16.1. The van der Waals surface area contributed by atoms with E-state index < -0.39 is 0 Å². The van der Waals surface area contributed by atoms with Gasteiger partial charge in [0.25, 0.3) is 0 Å². The Bertz CT molecular complexity index is 262. The van der Waals surface area contributed by atoms with Crippen molar-refractivity contribution in [2.45, 2.75) is 32.2 Å². The summed E-state index contributed by atoms with van der Waals surface area (Å²) in [5.74, 6) is 0.561. The van der Waals surface area contributed by atoms with Gasteiger partial charge in [-0.05, 0) is 58.9 Å². The van der Waals surface area contributed by atoms with Crippen molar-refractivity contribution in [1.82, 2.24) is 15.1 Å². The van der Waals surface area contributed by atoms with Crippen molar-refractivity contribution in [1.29, 1.82) is 0 Å². The number of primary amides is 1. The molecule has 3 N–H and O–H groups in total. The zero-order chi connectivity index (χ0) is 14.3. The lowest BCUT2D eigenvalue weighted by Gasteiger charge is -2.34. The summed E-state index contributed by atoms with van der Waals surface area (Å²) in [5, 5.41) is 3.24. The van der Waals surface area contributed by atoms with E-state index in [9.17, 15) is 4.79 Å². The molecule has 5 heteroatoms. The number of likely N-dealkylation sites (tertiary alicyclic amines) is 1. The molecule has 0 aliphatic carbocycles. The number of hydrogen-bond donors (Lipinski definition) is 2. The van der Waals surface area contributed by atoms with Gasteiger partial charge in [-0.15, -0.1) is 0 Å². The first kappa shape index (κ1) is 16.4. The van der Waals surface area contributed by atoms with Crippen LogP contribution in [0.2, 0.25) is 0 Å². The zero-order valence-electron chi connectivity index (χ0n) is 12.7. The molecule has 1 amide bonds. The van der Waals surface area contributed by atoms with E-state index in [1.165, 1.54) is 19.4 Å². The molecule has 112 valence electrons. The van der Waals surface area contributed by atoms with Crippen LogP contribution in [-0.2, 0) is 4.79 Å². The maximum atomic E-state index is 11.4. The molecule has 0 aromatic carbocycles. The van der Waals surface area contributed by atoms with E-state index in [0.717, 1.165) is 38.5 Å². The molecule has 1 atom stereocenters. The lowest BCUT2D eigenvalue weighted by molar-refractivity contribution is -0.120. The first-order valence-corrected chi connectivity index (χ1v) is 7.42. The average Bonchev–Trinajstić information content (AvgIpc) is 2.35. The van der Waals surface area contributed by atoms with Gasteiger partial charge in [-0.1, -0.05) is 6.92 Å². The van der Waals surface area contributed by atoms with Crippen LogP contribution in [0.15, 0.2) is 0 Å². The topological polar surface area (TPSA) is 61.6 Å². The normalized spacial score (nSPS) is 19.8. The number of nitrogens with one attached hydrogen (secondary N) is 1. The predicted molar refractivity (Wildman–Crippen MR) is 79.0 cm³/mol. The molecule has 0 saturated carbocycles. The van der Waals surface area contributed by atoms with Crippen molar-refractivity contribution in [2.24, 2.45) is 11.7 Å². The number of nitrogens with two attached hydrogens (primary N) is 1. The van der Waals surface area contributed by atoms with Gasteiger partial charge in [-0.25, -0.2) is 0 Å². The van der Waals surface area contributed by atoms with Crippen molar-refractivity contribution in [2.75, 3.05) is 46.8 Å². The van der Waals surface area contributed by atoms with Crippen LogP contribution in [0.25, 0.3) is 0 Å². The monoisotopic (exact) mass is 270 g/mol. The van der Waals surface area contributed by atoms with Gasteiger partial charge < -0.3 is 20.9 Å². The smallest absolute Gasteiger partial charge is 0.235 e. The third-order valence-electron chi connectivity index (χ3n) is 3.76. The highest BCUT2D eigenvalue weighted by Gasteiger charge is 2.23. The van der Waals surface area contributed by atoms with Crippen LogP contribution in [0.4, 0.5) is 0 Å². The number of piperidine rings is 1. The molecule has 0 spiro atoms. The molecular weight excluding hydrogens is 240 g/mol. The highest BCUT2D eigenvalue weighted by Crippen LogP contribution is 2.17. The van der Waals surface area contributed by atoms with Crippen LogP contribution in [-0.4, -0.2) is 68.6 Å². The molecule has 0 radical (unpaired) electrons. The summed E-state index contributed by atoms with van der Waals surface area (Å²) in [4.78, 5) is 16.0. The summed E-state index contributed by atoms with van der Waals surface area (Å²) in [6.45, 7) is 7.03. The number of nitrogens with zero attached hydrogens (tertiary/aromatic N) is 2. The summed E-state index contributed by atoms with van der Waals surface area (Å²) in [6, 6.07) is -0.203. The third-order valence-corrected chi connectivity index (χ3v) is 3.76. The summed E-state index contributed by atoms with van der Waals surface area (Å²) >= 11 is 0. The minimum Gasteiger partial charge on any atom is -0.368 e. The maximum absolute atomic E-state index is 11.4. The first-order chi connectivity index (χ1) is 9.02. The van der Waals surface area contributed by atoms with Gasteiger partial charge in [-0.2, -0.15) is 0 Å². The number of carbonyl (C=O) groups excluding carboxylic acids is 1. The fraction of sp³-hybridized carbons (Fsp3) is 0.929. The van der Waals surface area contributed by atoms with Gasteiger partial charge in [0, 0.05) is 13.1 Å². The van der Waals surface area contributed by atoms with Crippen LogP contribution in [0.5, 0.6) is 0 Å². The van der Waals surface area contributed by atoms with Crippen LogP contribution in [0.3, 0.4) is 0 Å². The molecular formula is C14H30N4O. The van der Waals surface area contributed by atoms with Gasteiger partial charge in [0.1, 0.15) is 0 Å².